The predicted molar refractivity (Wildman–Crippen MR) is 53.5 cm³/mol. The molecule has 2 heteroatoms. The van der Waals surface area contributed by atoms with Crippen molar-refractivity contribution in [3.63, 3.8) is 0 Å². The SMILES string of the molecule is CCC(O)(CC)C(O)C1CCCC1. The smallest absolute Gasteiger partial charge is 0.0902 e. The molecule has 0 spiro atoms. The maximum atomic E-state index is 10.1. The highest BCUT2D eigenvalue weighted by Gasteiger charge is 2.38. The van der Waals surface area contributed by atoms with E-state index in [9.17, 15) is 10.2 Å². The second kappa shape index (κ2) is 4.43. The fourth-order valence-electron chi connectivity index (χ4n) is 2.38. The third-order valence-corrected chi connectivity index (χ3v) is 3.62. The molecule has 2 N–H and O–H groups in total. The lowest BCUT2D eigenvalue weighted by molar-refractivity contribution is -0.104. The molecule has 0 aromatic carbocycles. The summed E-state index contributed by atoms with van der Waals surface area (Å²) in [6, 6.07) is 0. The molecule has 0 bridgehead atoms. The van der Waals surface area contributed by atoms with Crippen molar-refractivity contribution in [2.75, 3.05) is 0 Å². The van der Waals surface area contributed by atoms with Gasteiger partial charge in [-0.25, -0.2) is 0 Å². The lowest BCUT2D eigenvalue weighted by Gasteiger charge is -2.34. The van der Waals surface area contributed by atoms with E-state index in [0.29, 0.717) is 18.8 Å². The van der Waals surface area contributed by atoms with Crippen LogP contribution in [0.15, 0.2) is 0 Å². The highest BCUT2D eigenvalue weighted by molar-refractivity contribution is 4.90. The van der Waals surface area contributed by atoms with Crippen LogP contribution < -0.4 is 0 Å². The standard InChI is InChI=1S/C11H22O2/c1-3-11(13,4-2)10(12)9-7-5-6-8-9/h9-10,12-13H,3-8H2,1-2H3. The fraction of sp³-hybridized carbons (Fsp3) is 1.00. The van der Waals surface area contributed by atoms with Crippen LogP contribution in [0, 0.1) is 5.92 Å². The topological polar surface area (TPSA) is 40.5 Å². The summed E-state index contributed by atoms with van der Waals surface area (Å²) in [5.41, 5.74) is -0.838. The molecule has 13 heavy (non-hydrogen) atoms. The minimum absolute atomic E-state index is 0.338. The molecule has 78 valence electrons. The Kier molecular flexibility index (Phi) is 3.74. The van der Waals surface area contributed by atoms with Crippen molar-refractivity contribution in [2.24, 2.45) is 5.92 Å². The first-order chi connectivity index (χ1) is 6.14. The first kappa shape index (κ1) is 11.0. The van der Waals surface area contributed by atoms with Gasteiger partial charge in [-0.2, -0.15) is 0 Å². The Morgan fingerprint density at radius 3 is 2.08 bits per heavy atom. The summed E-state index contributed by atoms with van der Waals surface area (Å²) in [7, 11) is 0. The molecule has 0 aromatic heterocycles. The Morgan fingerprint density at radius 2 is 1.69 bits per heavy atom. The summed E-state index contributed by atoms with van der Waals surface area (Å²) >= 11 is 0. The molecule has 0 aliphatic heterocycles. The van der Waals surface area contributed by atoms with Crippen LogP contribution in [0.5, 0.6) is 0 Å². The molecule has 1 atom stereocenters. The van der Waals surface area contributed by atoms with Crippen molar-refractivity contribution in [3.05, 3.63) is 0 Å². The molecule has 0 heterocycles. The molecule has 0 saturated heterocycles. The fourth-order valence-corrected chi connectivity index (χ4v) is 2.38. The molecule has 1 unspecified atom stereocenters. The van der Waals surface area contributed by atoms with Gasteiger partial charge in [-0.05, 0) is 31.6 Å². The summed E-state index contributed by atoms with van der Waals surface area (Å²) in [4.78, 5) is 0. The van der Waals surface area contributed by atoms with Crippen LogP contribution in [0.1, 0.15) is 52.4 Å². The number of hydrogen-bond donors (Lipinski definition) is 2. The molecule has 1 fully saturated rings. The maximum absolute atomic E-state index is 10.1. The van der Waals surface area contributed by atoms with Gasteiger partial charge < -0.3 is 10.2 Å². The Balaban J connectivity index is 2.57. The molecule has 0 amide bonds. The Morgan fingerprint density at radius 1 is 1.23 bits per heavy atom. The minimum atomic E-state index is -0.838. The van der Waals surface area contributed by atoms with Crippen LogP contribution in [0.25, 0.3) is 0 Å². The quantitative estimate of drug-likeness (QED) is 0.705. The average Bonchev–Trinajstić information content (AvgIpc) is 2.68. The van der Waals surface area contributed by atoms with Gasteiger partial charge in [-0.3, -0.25) is 0 Å². The largest absolute Gasteiger partial charge is 0.390 e. The van der Waals surface area contributed by atoms with Crippen LogP contribution in [-0.2, 0) is 0 Å². The molecule has 1 rings (SSSR count). The number of aliphatic hydroxyl groups excluding tert-OH is 1. The molecule has 2 nitrogen and oxygen atoms in total. The summed E-state index contributed by atoms with van der Waals surface area (Å²) in [6.45, 7) is 3.89. The molecule has 0 aromatic rings. The van der Waals surface area contributed by atoms with Gasteiger partial charge in [-0.1, -0.05) is 26.7 Å². The normalized spacial score (nSPS) is 22.2. The lowest BCUT2D eigenvalue weighted by Crippen LogP contribution is -2.45. The Bertz CT molecular complexity index is 146. The minimum Gasteiger partial charge on any atom is -0.390 e. The van der Waals surface area contributed by atoms with E-state index in [1.54, 1.807) is 0 Å². The van der Waals surface area contributed by atoms with Gasteiger partial charge in [0.15, 0.2) is 0 Å². The van der Waals surface area contributed by atoms with Crippen LogP contribution >= 0.6 is 0 Å². The number of rotatable bonds is 4. The van der Waals surface area contributed by atoms with Crippen LogP contribution in [0.2, 0.25) is 0 Å². The van der Waals surface area contributed by atoms with Gasteiger partial charge in [0, 0.05) is 0 Å². The third kappa shape index (κ3) is 2.23. The zero-order valence-corrected chi connectivity index (χ0v) is 8.79. The zero-order chi connectivity index (χ0) is 9.90. The highest BCUT2D eigenvalue weighted by atomic mass is 16.3. The Hall–Kier alpha value is -0.0800. The monoisotopic (exact) mass is 186 g/mol. The van der Waals surface area contributed by atoms with E-state index in [1.165, 1.54) is 12.8 Å². The second-order valence-corrected chi connectivity index (χ2v) is 4.30. The zero-order valence-electron chi connectivity index (χ0n) is 8.79. The van der Waals surface area contributed by atoms with Crippen molar-refractivity contribution >= 4 is 0 Å². The molecule has 1 aliphatic rings. The average molecular weight is 186 g/mol. The number of aliphatic hydroxyl groups is 2. The lowest BCUT2D eigenvalue weighted by atomic mass is 9.82. The second-order valence-electron chi connectivity index (χ2n) is 4.30. The van der Waals surface area contributed by atoms with E-state index in [2.05, 4.69) is 0 Å². The first-order valence-corrected chi connectivity index (χ1v) is 5.54. The summed E-state index contributed by atoms with van der Waals surface area (Å²) in [5, 5.41) is 20.1. The highest BCUT2D eigenvalue weighted by Crippen LogP contribution is 2.34. The van der Waals surface area contributed by atoms with Crippen molar-refractivity contribution in [2.45, 2.75) is 64.1 Å². The summed E-state index contributed by atoms with van der Waals surface area (Å²) in [6.07, 6.45) is 5.40. The van der Waals surface area contributed by atoms with Gasteiger partial charge in [0.05, 0.1) is 11.7 Å². The number of hydrogen-bond acceptors (Lipinski definition) is 2. The van der Waals surface area contributed by atoms with E-state index < -0.39 is 11.7 Å². The van der Waals surface area contributed by atoms with Gasteiger partial charge in [-0.15, -0.1) is 0 Å². The van der Waals surface area contributed by atoms with Gasteiger partial charge in [0.25, 0.3) is 0 Å². The van der Waals surface area contributed by atoms with E-state index >= 15 is 0 Å². The van der Waals surface area contributed by atoms with Crippen LogP contribution in [0.3, 0.4) is 0 Å². The molecule has 1 aliphatic carbocycles. The van der Waals surface area contributed by atoms with Crippen molar-refractivity contribution in [1.82, 2.24) is 0 Å². The van der Waals surface area contributed by atoms with Crippen molar-refractivity contribution < 1.29 is 10.2 Å². The molecule has 1 saturated carbocycles. The van der Waals surface area contributed by atoms with Crippen LogP contribution in [-0.4, -0.2) is 21.9 Å². The molecular weight excluding hydrogens is 164 g/mol. The summed E-state index contributed by atoms with van der Waals surface area (Å²) in [5.74, 6) is 0.338. The third-order valence-electron chi connectivity index (χ3n) is 3.62. The van der Waals surface area contributed by atoms with Crippen molar-refractivity contribution in [3.8, 4) is 0 Å². The van der Waals surface area contributed by atoms with E-state index in [4.69, 9.17) is 0 Å². The van der Waals surface area contributed by atoms with E-state index in [-0.39, 0.29) is 0 Å². The van der Waals surface area contributed by atoms with E-state index in [0.717, 1.165) is 12.8 Å². The predicted octanol–water partition coefficient (Wildman–Crippen LogP) is 2.09. The first-order valence-electron chi connectivity index (χ1n) is 5.54. The Labute approximate surface area is 81.0 Å². The van der Waals surface area contributed by atoms with Gasteiger partial charge in [0.2, 0.25) is 0 Å². The van der Waals surface area contributed by atoms with E-state index in [1.807, 2.05) is 13.8 Å². The molecular formula is C11H22O2. The molecule has 0 radical (unpaired) electrons. The van der Waals surface area contributed by atoms with Gasteiger partial charge in [0.1, 0.15) is 0 Å². The summed E-state index contributed by atoms with van der Waals surface area (Å²) < 4.78 is 0. The van der Waals surface area contributed by atoms with Crippen molar-refractivity contribution in [1.29, 1.82) is 0 Å². The van der Waals surface area contributed by atoms with Gasteiger partial charge >= 0.3 is 0 Å². The maximum Gasteiger partial charge on any atom is 0.0902 e. The van der Waals surface area contributed by atoms with Crippen LogP contribution in [0.4, 0.5) is 0 Å².